The molecule has 0 aromatic heterocycles. The number of aliphatic hydroxyl groups is 5. The predicted octanol–water partition coefficient (Wildman–Crippen LogP) is 12.8. The number of hydrogen-bond donors (Lipinski definition) is 6. The summed E-state index contributed by atoms with van der Waals surface area (Å²) in [5.74, 6) is -0.217. The van der Waals surface area contributed by atoms with Crippen molar-refractivity contribution in [3.8, 4) is 0 Å². The van der Waals surface area contributed by atoms with Crippen molar-refractivity contribution in [2.24, 2.45) is 0 Å². The van der Waals surface area contributed by atoms with Crippen LogP contribution in [0, 0.1) is 0 Å². The van der Waals surface area contributed by atoms with Crippen LogP contribution < -0.4 is 5.32 Å². The van der Waals surface area contributed by atoms with Crippen molar-refractivity contribution >= 4 is 5.91 Å². The Bertz CT molecular complexity index is 1470. The zero-order chi connectivity index (χ0) is 49.4. The van der Waals surface area contributed by atoms with Gasteiger partial charge in [-0.3, -0.25) is 4.79 Å². The van der Waals surface area contributed by atoms with Crippen molar-refractivity contribution in [3.05, 3.63) is 122 Å². The number of unbranched alkanes of at least 4 members (excludes halogenated alkanes) is 15. The lowest BCUT2D eigenvalue weighted by atomic mass is 9.99. The molecule has 0 aliphatic carbocycles. The zero-order valence-electron chi connectivity index (χ0n) is 42.6. The fourth-order valence-corrected chi connectivity index (χ4v) is 7.54. The van der Waals surface area contributed by atoms with Gasteiger partial charge in [-0.15, -0.1) is 0 Å². The summed E-state index contributed by atoms with van der Waals surface area (Å²) in [5, 5.41) is 54.3. The van der Waals surface area contributed by atoms with E-state index in [1.807, 2.05) is 6.08 Å². The summed E-state index contributed by atoms with van der Waals surface area (Å²) in [5.41, 5.74) is 0. The number of ether oxygens (including phenoxy) is 2. The maximum Gasteiger partial charge on any atom is 0.220 e. The molecule has 1 amide bonds. The Morgan fingerprint density at radius 2 is 0.926 bits per heavy atom. The molecular formula is C59H97NO8. The maximum absolute atomic E-state index is 13.0. The van der Waals surface area contributed by atoms with Gasteiger partial charge in [0.25, 0.3) is 0 Å². The summed E-state index contributed by atoms with van der Waals surface area (Å²) in [6, 6.07) is -0.845. The predicted molar refractivity (Wildman–Crippen MR) is 285 cm³/mol. The molecule has 0 aromatic rings. The summed E-state index contributed by atoms with van der Waals surface area (Å²) >= 11 is 0. The number of nitrogens with one attached hydrogen (secondary N) is 1. The van der Waals surface area contributed by atoms with Crippen LogP contribution >= 0.6 is 0 Å². The van der Waals surface area contributed by atoms with Gasteiger partial charge in [0.05, 0.1) is 25.4 Å². The molecule has 0 bridgehead atoms. The topological polar surface area (TPSA) is 149 Å². The number of allylic oxidation sites excluding steroid dienone is 19. The molecule has 0 spiro atoms. The van der Waals surface area contributed by atoms with Crippen LogP contribution in [-0.2, 0) is 14.3 Å². The van der Waals surface area contributed by atoms with Gasteiger partial charge in [-0.05, 0) is 96.3 Å². The summed E-state index contributed by atoms with van der Waals surface area (Å²) < 4.78 is 11.2. The largest absolute Gasteiger partial charge is 0.394 e. The molecule has 1 aliphatic heterocycles. The summed E-state index contributed by atoms with van der Waals surface area (Å²) in [7, 11) is 0. The van der Waals surface area contributed by atoms with Crippen molar-refractivity contribution in [2.45, 2.75) is 230 Å². The van der Waals surface area contributed by atoms with Crippen LogP contribution in [0.15, 0.2) is 122 Å². The third-order valence-corrected chi connectivity index (χ3v) is 11.8. The van der Waals surface area contributed by atoms with Crippen LogP contribution in [0.1, 0.15) is 187 Å². The lowest BCUT2D eigenvalue weighted by molar-refractivity contribution is -0.302. The molecule has 0 aromatic carbocycles. The second kappa shape index (κ2) is 47.3. The van der Waals surface area contributed by atoms with Gasteiger partial charge in [0.1, 0.15) is 24.4 Å². The van der Waals surface area contributed by atoms with Gasteiger partial charge in [-0.2, -0.15) is 0 Å². The van der Waals surface area contributed by atoms with Crippen molar-refractivity contribution in [3.63, 3.8) is 0 Å². The van der Waals surface area contributed by atoms with Crippen LogP contribution in [0.2, 0.25) is 0 Å². The third kappa shape index (κ3) is 36.6. The van der Waals surface area contributed by atoms with Crippen LogP contribution in [0.3, 0.4) is 0 Å². The summed E-state index contributed by atoms with van der Waals surface area (Å²) in [4.78, 5) is 13.0. The molecule has 1 rings (SSSR count). The fraction of sp³-hybridized carbons (Fsp3) is 0.644. The van der Waals surface area contributed by atoms with E-state index in [1.54, 1.807) is 6.08 Å². The minimum absolute atomic E-state index is 0.217. The smallest absolute Gasteiger partial charge is 0.220 e. The van der Waals surface area contributed by atoms with E-state index in [4.69, 9.17) is 9.47 Å². The molecule has 1 fully saturated rings. The minimum Gasteiger partial charge on any atom is -0.394 e. The fourth-order valence-electron chi connectivity index (χ4n) is 7.54. The first-order chi connectivity index (χ1) is 33.3. The monoisotopic (exact) mass is 948 g/mol. The first-order valence-corrected chi connectivity index (χ1v) is 26.8. The highest BCUT2D eigenvalue weighted by atomic mass is 16.7. The Kier molecular flexibility index (Phi) is 43.5. The highest BCUT2D eigenvalue weighted by Gasteiger charge is 2.44. The van der Waals surface area contributed by atoms with Crippen molar-refractivity contribution < 1.29 is 39.8 Å². The van der Waals surface area contributed by atoms with E-state index in [0.29, 0.717) is 12.8 Å². The Labute approximate surface area is 414 Å². The van der Waals surface area contributed by atoms with E-state index in [0.717, 1.165) is 96.3 Å². The van der Waals surface area contributed by atoms with Gasteiger partial charge in [0.2, 0.25) is 5.91 Å². The molecule has 0 saturated carbocycles. The van der Waals surface area contributed by atoms with E-state index in [1.165, 1.54) is 64.2 Å². The van der Waals surface area contributed by atoms with Gasteiger partial charge in [-0.25, -0.2) is 0 Å². The minimum atomic E-state index is -1.58. The molecule has 0 radical (unpaired) electrons. The highest BCUT2D eigenvalue weighted by molar-refractivity contribution is 5.76. The van der Waals surface area contributed by atoms with Crippen LogP contribution in [0.5, 0.6) is 0 Å². The van der Waals surface area contributed by atoms with Crippen molar-refractivity contribution in [1.82, 2.24) is 5.32 Å². The van der Waals surface area contributed by atoms with E-state index < -0.39 is 49.5 Å². The van der Waals surface area contributed by atoms with Crippen LogP contribution in [-0.4, -0.2) is 87.5 Å². The molecule has 386 valence electrons. The Hall–Kier alpha value is -3.41. The molecule has 1 aliphatic rings. The van der Waals surface area contributed by atoms with E-state index in [-0.39, 0.29) is 12.5 Å². The molecule has 9 nitrogen and oxygen atoms in total. The molecular weight excluding hydrogens is 851 g/mol. The second-order valence-corrected chi connectivity index (χ2v) is 17.9. The molecule has 68 heavy (non-hydrogen) atoms. The molecule has 6 N–H and O–H groups in total. The molecule has 1 heterocycles. The summed E-state index contributed by atoms with van der Waals surface area (Å²) in [6.07, 6.45) is 63.9. The number of carbonyl (C=O) groups is 1. The van der Waals surface area contributed by atoms with Gasteiger partial charge in [-0.1, -0.05) is 206 Å². The van der Waals surface area contributed by atoms with Gasteiger partial charge >= 0.3 is 0 Å². The normalized spacial score (nSPS) is 20.6. The van der Waals surface area contributed by atoms with Gasteiger partial charge < -0.3 is 40.3 Å². The molecule has 9 heteroatoms. The number of hydrogen-bond acceptors (Lipinski definition) is 8. The van der Waals surface area contributed by atoms with E-state index >= 15 is 0 Å². The Morgan fingerprint density at radius 1 is 0.515 bits per heavy atom. The SMILES string of the molecule is CC/C=C\C/C=C\C/C=C\C/C=C\C/C=C\C/C=C\C/C=C\C/C=C\CCCCCCC(=O)NC(COC1OC(CO)C(O)C(O)C1O)C(O)/C=C/CC/C=C/CCCCCCCCCCCC. The van der Waals surface area contributed by atoms with Crippen LogP contribution in [0.4, 0.5) is 0 Å². The van der Waals surface area contributed by atoms with E-state index in [9.17, 15) is 30.3 Å². The first-order valence-electron chi connectivity index (χ1n) is 26.8. The third-order valence-electron chi connectivity index (χ3n) is 11.8. The number of aliphatic hydroxyl groups excluding tert-OH is 5. The first kappa shape index (κ1) is 62.6. The maximum atomic E-state index is 13.0. The Morgan fingerprint density at radius 3 is 1.41 bits per heavy atom. The summed E-state index contributed by atoms with van der Waals surface area (Å²) in [6.45, 7) is 3.61. The average Bonchev–Trinajstić information content (AvgIpc) is 3.34. The lowest BCUT2D eigenvalue weighted by Gasteiger charge is -2.40. The Balaban J connectivity index is 2.32. The quantitative estimate of drug-likeness (QED) is 0.0261. The molecule has 7 atom stereocenters. The highest BCUT2D eigenvalue weighted by Crippen LogP contribution is 2.22. The standard InChI is InChI=1S/C59H97NO8/c1-3-5-7-9-11-13-15-17-19-21-22-23-24-25-26-27-28-29-30-31-32-33-35-37-39-41-43-45-47-49-55(63)60-52(51-67-59-58(66)57(65)56(64)54(50-61)68-59)53(62)48-46-44-42-40-38-36-34-20-18-16-14-12-10-8-6-4-2/h5,7,11,13,17,19,22-23,25-26,28-29,31-32,35,37-38,40,46,48,52-54,56-59,61-62,64-66H,3-4,6,8-10,12,14-16,18,20-21,24,27,30,33-34,36,39,41-45,47,49-51H2,1-2H3,(H,60,63)/b7-5-,13-11-,19-17-,23-22-,26-25-,29-28-,32-31-,37-35-,40-38+,48-46+. The number of amides is 1. The lowest BCUT2D eigenvalue weighted by Crippen LogP contribution is -2.60. The number of carbonyl (C=O) groups excluding carboxylic acids is 1. The molecule has 7 unspecified atom stereocenters. The molecule has 1 saturated heterocycles. The van der Waals surface area contributed by atoms with Gasteiger partial charge in [0.15, 0.2) is 6.29 Å². The van der Waals surface area contributed by atoms with Crippen LogP contribution in [0.25, 0.3) is 0 Å². The number of rotatable bonds is 43. The van der Waals surface area contributed by atoms with Gasteiger partial charge in [0, 0.05) is 6.42 Å². The zero-order valence-corrected chi connectivity index (χ0v) is 42.6. The second-order valence-electron chi connectivity index (χ2n) is 17.9. The van der Waals surface area contributed by atoms with Crippen molar-refractivity contribution in [2.75, 3.05) is 13.2 Å². The van der Waals surface area contributed by atoms with E-state index in [2.05, 4.69) is 129 Å². The van der Waals surface area contributed by atoms with Crippen molar-refractivity contribution in [1.29, 1.82) is 0 Å². The average molecular weight is 948 g/mol.